The van der Waals surface area contributed by atoms with E-state index in [0.29, 0.717) is 12.1 Å². The van der Waals surface area contributed by atoms with Crippen molar-refractivity contribution in [2.24, 2.45) is 16.0 Å². The average molecular weight is 952 g/mol. The Balaban J connectivity index is 1.31. The molecule has 2 aliphatic heterocycles. The number of rotatable bonds is 13. The van der Waals surface area contributed by atoms with Crippen LogP contribution in [0.4, 0.5) is 36.4 Å². The highest BCUT2D eigenvalue weighted by Crippen LogP contribution is 2.36. The topological polar surface area (TPSA) is 214 Å². The third-order valence-corrected chi connectivity index (χ3v) is 14.1. The monoisotopic (exact) mass is 951 g/mol. The fourth-order valence-electron chi connectivity index (χ4n) is 6.85. The number of oxime groups is 2. The van der Waals surface area contributed by atoms with Crippen molar-refractivity contribution in [1.29, 1.82) is 5.26 Å². The Morgan fingerprint density at radius 3 is 1.65 bits per heavy atom. The largest absolute Gasteiger partial charge is 0.416 e. The van der Waals surface area contributed by atoms with E-state index in [1.807, 2.05) is 6.07 Å². The van der Waals surface area contributed by atoms with Gasteiger partial charge in [0.1, 0.15) is 5.82 Å². The normalized spacial score (nSPS) is 17.0. The van der Waals surface area contributed by atoms with Crippen molar-refractivity contribution in [2.45, 2.75) is 59.5 Å². The van der Waals surface area contributed by atoms with Gasteiger partial charge >= 0.3 is 12.4 Å². The molecule has 2 aliphatic rings. The van der Waals surface area contributed by atoms with Crippen molar-refractivity contribution in [3.8, 4) is 6.07 Å². The number of nitrogens with two attached hydrogens (primary N) is 1. The number of carbonyl (C=O) groups excluding carboxylic acids is 2. The lowest BCUT2D eigenvalue weighted by Gasteiger charge is -2.34. The molecule has 4 aromatic rings. The summed E-state index contributed by atoms with van der Waals surface area (Å²) in [5, 5.41) is 20.0. The van der Waals surface area contributed by atoms with Crippen molar-refractivity contribution in [3.05, 3.63) is 125 Å². The highest BCUT2D eigenvalue weighted by molar-refractivity contribution is 7.89. The summed E-state index contributed by atoms with van der Waals surface area (Å²) < 4.78 is 150. The van der Waals surface area contributed by atoms with Crippen LogP contribution in [0, 0.1) is 17.1 Å². The summed E-state index contributed by atoms with van der Waals surface area (Å²) in [7, 11) is -8.88. The number of piperidine rings is 2. The number of hydrogen-bond acceptors (Lipinski definition) is 11. The molecule has 344 valence electrons. The quantitative estimate of drug-likeness (QED) is 0.116. The molecule has 4 aromatic carbocycles. The van der Waals surface area contributed by atoms with E-state index in [1.54, 1.807) is 0 Å². The van der Waals surface area contributed by atoms with Crippen molar-refractivity contribution in [2.75, 3.05) is 31.5 Å². The maximum Gasteiger partial charge on any atom is 0.416 e. The number of hydrogen-bond donors (Lipinski definition) is 2. The molecule has 24 heteroatoms. The molecule has 0 radical (unpaired) electrons. The second kappa shape index (κ2) is 19.0. The first-order valence-electron chi connectivity index (χ1n) is 19.2. The van der Waals surface area contributed by atoms with Gasteiger partial charge in [-0.3, -0.25) is 9.59 Å². The molecular formula is C41H36F7N7O8S2. The van der Waals surface area contributed by atoms with Crippen LogP contribution in [0.1, 0.15) is 47.9 Å². The van der Waals surface area contributed by atoms with Crippen LogP contribution in [0.2, 0.25) is 0 Å². The number of halogens is 7. The first-order chi connectivity index (χ1) is 30.5. The van der Waals surface area contributed by atoms with Crippen LogP contribution in [0.25, 0.3) is 0 Å². The summed E-state index contributed by atoms with van der Waals surface area (Å²) in [4.78, 5) is 38.5. The highest BCUT2D eigenvalue weighted by Gasteiger charge is 2.56. The minimum atomic E-state index is -4.82. The molecule has 65 heavy (non-hydrogen) atoms. The lowest BCUT2D eigenvalue weighted by Crippen LogP contribution is -2.57. The molecule has 3 N–H and O–H groups in total. The Labute approximate surface area is 367 Å². The Morgan fingerprint density at radius 2 is 1.17 bits per heavy atom. The van der Waals surface area contributed by atoms with Gasteiger partial charge in [0.2, 0.25) is 20.0 Å². The van der Waals surface area contributed by atoms with Crippen molar-refractivity contribution in [3.63, 3.8) is 0 Å². The molecule has 2 fully saturated rings. The zero-order chi connectivity index (χ0) is 47.4. The Kier molecular flexibility index (Phi) is 14.0. The predicted molar refractivity (Wildman–Crippen MR) is 217 cm³/mol. The summed E-state index contributed by atoms with van der Waals surface area (Å²) in [5.74, 6) is -3.64. The molecule has 2 unspecified atom stereocenters. The number of anilines is 1. The number of benzene rings is 4. The van der Waals surface area contributed by atoms with Crippen LogP contribution in [0.3, 0.4) is 0 Å². The van der Waals surface area contributed by atoms with Gasteiger partial charge < -0.3 is 20.7 Å². The van der Waals surface area contributed by atoms with Gasteiger partial charge in [0.25, 0.3) is 23.5 Å². The zero-order valence-corrected chi connectivity index (χ0v) is 35.1. The Bertz CT molecular complexity index is 2780. The molecule has 0 bridgehead atoms. The standard InChI is InChI=1S/C41H36F7N7O8S2/c42-30-9-2-6-27(22-30)39(38(50)57,63-53-32-15-19-55(20-16-32)65(60,61)35-12-4-8-29(24-35)41(46,47)48)36(37(56)51-33-10-1-5-26(21-33)25-49)62-52-31-13-17-54(18-14-31)64(58,59)34-11-3-7-28(23-34)40(43,44)45/h1-12,21-24,36H,13-20H2,(H2,50,57)(H,51,56). The number of alkyl halides is 6. The van der Waals surface area contributed by atoms with Gasteiger partial charge in [-0.05, 0) is 66.7 Å². The van der Waals surface area contributed by atoms with E-state index in [2.05, 4.69) is 15.6 Å². The van der Waals surface area contributed by atoms with Crippen LogP contribution < -0.4 is 11.1 Å². The van der Waals surface area contributed by atoms with E-state index in [-0.39, 0.29) is 74.5 Å². The lowest BCUT2D eigenvalue weighted by atomic mass is 9.86. The second-order valence-corrected chi connectivity index (χ2v) is 18.4. The van der Waals surface area contributed by atoms with Crippen molar-refractivity contribution < 1.29 is 66.8 Å². The molecule has 0 aromatic heterocycles. The van der Waals surface area contributed by atoms with Crippen LogP contribution in [0.15, 0.2) is 117 Å². The van der Waals surface area contributed by atoms with Gasteiger partial charge in [-0.2, -0.15) is 40.2 Å². The Hall–Kier alpha value is -6.42. The summed E-state index contributed by atoms with van der Waals surface area (Å²) in [5.41, 5.74) is 0.582. The fourth-order valence-corrected chi connectivity index (χ4v) is 9.82. The molecule has 2 amide bonds. The van der Waals surface area contributed by atoms with Gasteiger partial charge in [-0.15, -0.1) is 0 Å². The Morgan fingerprint density at radius 1 is 0.692 bits per heavy atom. The number of carbonyl (C=O) groups is 2. The molecule has 6 rings (SSSR count). The van der Waals surface area contributed by atoms with Crippen LogP contribution >= 0.6 is 0 Å². The highest BCUT2D eigenvalue weighted by atomic mass is 32.2. The molecule has 15 nitrogen and oxygen atoms in total. The van der Waals surface area contributed by atoms with Crippen LogP contribution in [0.5, 0.6) is 0 Å². The molecule has 0 aliphatic carbocycles. The number of primary amides is 1. The zero-order valence-electron chi connectivity index (χ0n) is 33.5. The predicted octanol–water partition coefficient (Wildman–Crippen LogP) is 6.14. The number of nitrogens with zero attached hydrogens (tertiary/aromatic N) is 5. The van der Waals surface area contributed by atoms with E-state index >= 15 is 0 Å². The van der Waals surface area contributed by atoms with E-state index in [9.17, 15) is 62.4 Å². The molecule has 2 heterocycles. The number of amides is 2. The lowest BCUT2D eigenvalue weighted by molar-refractivity contribution is -0.179. The maximum atomic E-state index is 15.0. The average Bonchev–Trinajstić information content (AvgIpc) is 3.27. The van der Waals surface area contributed by atoms with Gasteiger partial charge in [0.15, 0.2) is 0 Å². The van der Waals surface area contributed by atoms with Gasteiger partial charge in [-0.1, -0.05) is 40.6 Å². The molecule has 2 saturated heterocycles. The number of nitrogens with one attached hydrogen (secondary N) is 1. The van der Waals surface area contributed by atoms with Gasteiger partial charge in [0, 0.05) is 63.1 Å². The van der Waals surface area contributed by atoms with Crippen molar-refractivity contribution >= 4 is 49.0 Å². The third-order valence-electron chi connectivity index (χ3n) is 10.3. The van der Waals surface area contributed by atoms with Crippen LogP contribution in [-0.2, 0) is 57.3 Å². The minimum absolute atomic E-state index is 0.00156. The third kappa shape index (κ3) is 10.8. The summed E-state index contributed by atoms with van der Waals surface area (Å²) in [6.45, 7) is -1.27. The molecular weight excluding hydrogens is 916 g/mol. The molecule has 2 atom stereocenters. The number of sulfonamides is 2. The van der Waals surface area contributed by atoms with Crippen molar-refractivity contribution in [1.82, 2.24) is 8.61 Å². The van der Waals surface area contributed by atoms with E-state index in [1.165, 1.54) is 24.3 Å². The fraction of sp³-hybridized carbons (Fsp3) is 0.293. The molecule has 0 spiro atoms. The SMILES string of the molecule is N#Cc1cccc(NC(=O)C(ON=C2CCN(S(=O)(=O)c3cccc(C(F)(F)F)c3)CC2)C(ON=C2CCN(S(=O)(=O)c3cccc(C(F)(F)F)c3)CC2)(C(N)=O)c2cccc(F)c2)c1. The van der Waals surface area contributed by atoms with E-state index in [0.717, 1.165) is 69.3 Å². The van der Waals surface area contributed by atoms with E-state index in [4.69, 9.17) is 15.4 Å². The number of nitriles is 1. The molecule has 0 saturated carbocycles. The van der Waals surface area contributed by atoms with Gasteiger partial charge in [0.05, 0.1) is 44.0 Å². The van der Waals surface area contributed by atoms with Gasteiger partial charge in [-0.25, -0.2) is 21.2 Å². The first-order valence-corrected chi connectivity index (χ1v) is 22.1. The van der Waals surface area contributed by atoms with Crippen LogP contribution in [-0.4, -0.2) is 81.0 Å². The first kappa shape index (κ1) is 48.0. The maximum absolute atomic E-state index is 15.0. The van der Waals surface area contributed by atoms with E-state index < -0.39 is 88.2 Å². The second-order valence-electron chi connectivity index (χ2n) is 14.5. The smallest absolute Gasteiger partial charge is 0.377 e. The minimum Gasteiger partial charge on any atom is -0.377 e. The summed E-state index contributed by atoms with van der Waals surface area (Å²) >= 11 is 0. The summed E-state index contributed by atoms with van der Waals surface area (Å²) in [6.07, 6.45) is -12.7. The summed E-state index contributed by atoms with van der Waals surface area (Å²) in [6, 6.07) is 17.8.